The molecule has 0 bridgehead atoms. The first-order valence-corrected chi connectivity index (χ1v) is 10.9. The highest BCUT2D eigenvalue weighted by Crippen LogP contribution is 2.34. The minimum Gasteiger partial charge on any atom is -0.321 e. The number of alkyl halides is 3. The number of carbonyl (C=O) groups is 1. The quantitative estimate of drug-likeness (QED) is 0.401. The molecule has 5 aromatic rings. The Labute approximate surface area is 194 Å². The van der Waals surface area contributed by atoms with Gasteiger partial charge in [0.05, 0.1) is 11.4 Å². The molecule has 1 N–H and O–H groups in total. The topological polar surface area (TPSA) is 81.3 Å². The number of benzene rings is 1. The van der Waals surface area contributed by atoms with Gasteiger partial charge in [0.2, 0.25) is 0 Å². The number of amides is 1. The van der Waals surface area contributed by atoms with Crippen LogP contribution in [0.4, 0.5) is 18.9 Å². The molecule has 5 rings (SSSR count). The first-order chi connectivity index (χ1) is 16.2. The van der Waals surface area contributed by atoms with Gasteiger partial charge in [-0.05, 0) is 54.4 Å². The number of hydrogen-bond acceptors (Lipinski definition) is 5. The van der Waals surface area contributed by atoms with Gasteiger partial charge in [-0.3, -0.25) is 9.20 Å². The van der Waals surface area contributed by atoms with Gasteiger partial charge < -0.3 is 5.32 Å². The molecule has 11 heteroatoms. The first kappa shape index (κ1) is 21.8. The maximum atomic E-state index is 13.0. The van der Waals surface area contributed by atoms with Crippen molar-refractivity contribution in [2.45, 2.75) is 19.6 Å². The number of rotatable bonds is 4. The summed E-state index contributed by atoms with van der Waals surface area (Å²) in [7, 11) is 0. The monoisotopic (exact) mass is 483 g/mol. The van der Waals surface area contributed by atoms with E-state index in [1.165, 1.54) is 15.1 Å². The zero-order valence-corrected chi connectivity index (χ0v) is 18.4. The van der Waals surface area contributed by atoms with Gasteiger partial charge in [0.25, 0.3) is 5.91 Å². The molecule has 0 aliphatic heterocycles. The molecule has 0 aliphatic carbocycles. The largest absolute Gasteiger partial charge is 0.433 e. The average molecular weight is 483 g/mol. The van der Waals surface area contributed by atoms with Gasteiger partial charge in [-0.15, -0.1) is 16.4 Å². The molecule has 0 saturated heterocycles. The first-order valence-electron chi connectivity index (χ1n) is 10.1. The van der Waals surface area contributed by atoms with Crippen molar-refractivity contribution >= 4 is 38.8 Å². The van der Waals surface area contributed by atoms with Crippen LogP contribution in [0.25, 0.3) is 15.9 Å². The lowest BCUT2D eigenvalue weighted by atomic mass is 10.1. The van der Waals surface area contributed by atoms with Crippen LogP contribution in [0.15, 0.2) is 65.6 Å². The fourth-order valence-corrected chi connectivity index (χ4v) is 4.73. The van der Waals surface area contributed by atoms with Gasteiger partial charge in [0.1, 0.15) is 10.5 Å². The Morgan fingerprint density at radius 1 is 1.12 bits per heavy atom. The standard InChI is InChI=1S/C23H16F3N5O2S/c1-13-16-8-9-17(23(24,25)26)28-21(16)34-19(13)20(32)27-15-6-4-5-14(11-15)12-31-22(33)30-10-3-2-7-18(30)29-31/h2-11H,12H2,1H3,(H,27,32). The molecular formula is C23H16F3N5O2S. The van der Waals surface area contributed by atoms with Crippen molar-refractivity contribution in [1.29, 1.82) is 0 Å². The summed E-state index contributed by atoms with van der Waals surface area (Å²) in [6.45, 7) is 1.88. The highest BCUT2D eigenvalue weighted by Gasteiger charge is 2.33. The van der Waals surface area contributed by atoms with Crippen LogP contribution in [0.2, 0.25) is 0 Å². The van der Waals surface area contributed by atoms with E-state index >= 15 is 0 Å². The summed E-state index contributed by atoms with van der Waals surface area (Å²) in [5, 5.41) is 7.58. The van der Waals surface area contributed by atoms with E-state index in [2.05, 4.69) is 15.4 Å². The third-order valence-corrected chi connectivity index (χ3v) is 6.51. The van der Waals surface area contributed by atoms with E-state index in [9.17, 15) is 22.8 Å². The van der Waals surface area contributed by atoms with Crippen molar-refractivity contribution < 1.29 is 18.0 Å². The van der Waals surface area contributed by atoms with Crippen molar-refractivity contribution in [1.82, 2.24) is 19.2 Å². The molecule has 0 aliphatic rings. The van der Waals surface area contributed by atoms with Gasteiger partial charge in [-0.25, -0.2) is 14.5 Å². The summed E-state index contributed by atoms with van der Waals surface area (Å²) in [5.74, 6) is -0.448. The van der Waals surface area contributed by atoms with Crippen LogP contribution in [0.1, 0.15) is 26.5 Å². The van der Waals surface area contributed by atoms with Crippen molar-refractivity contribution in [2.24, 2.45) is 0 Å². The van der Waals surface area contributed by atoms with Crippen LogP contribution in [0.3, 0.4) is 0 Å². The summed E-state index contributed by atoms with van der Waals surface area (Å²) in [4.78, 5) is 29.5. The molecule has 0 atom stereocenters. The Morgan fingerprint density at radius 2 is 1.94 bits per heavy atom. The number of aryl methyl sites for hydroxylation is 1. The maximum Gasteiger partial charge on any atom is 0.433 e. The van der Waals surface area contributed by atoms with Crippen LogP contribution < -0.4 is 11.0 Å². The second kappa shape index (κ2) is 8.10. The number of carbonyl (C=O) groups excluding carboxylic acids is 1. The van der Waals surface area contributed by atoms with Crippen LogP contribution in [0, 0.1) is 6.92 Å². The van der Waals surface area contributed by atoms with Crippen molar-refractivity contribution in [3.8, 4) is 0 Å². The van der Waals surface area contributed by atoms with Crippen LogP contribution in [-0.4, -0.2) is 25.1 Å². The molecule has 0 radical (unpaired) electrons. The van der Waals surface area contributed by atoms with E-state index in [0.717, 1.165) is 23.0 Å². The maximum absolute atomic E-state index is 13.0. The fourth-order valence-electron chi connectivity index (χ4n) is 3.65. The predicted octanol–water partition coefficient (Wildman–Crippen LogP) is 4.73. The zero-order chi connectivity index (χ0) is 24.0. The van der Waals surface area contributed by atoms with Crippen LogP contribution in [-0.2, 0) is 12.7 Å². The minimum absolute atomic E-state index is 0.150. The van der Waals surface area contributed by atoms with Crippen molar-refractivity contribution in [2.75, 3.05) is 5.32 Å². The molecule has 1 amide bonds. The Hall–Kier alpha value is -3.99. The van der Waals surface area contributed by atoms with Gasteiger partial charge in [0, 0.05) is 17.3 Å². The molecule has 172 valence electrons. The van der Waals surface area contributed by atoms with E-state index in [4.69, 9.17) is 0 Å². The number of thiophene rings is 1. The van der Waals surface area contributed by atoms with Crippen LogP contribution >= 0.6 is 11.3 Å². The predicted molar refractivity (Wildman–Crippen MR) is 122 cm³/mol. The molecule has 0 saturated carbocycles. The molecule has 0 unspecified atom stereocenters. The number of halogens is 3. The summed E-state index contributed by atoms with van der Waals surface area (Å²) in [5.41, 5.74) is 1.04. The molecule has 0 spiro atoms. The highest BCUT2D eigenvalue weighted by molar-refractivity contribution is 7.20. The van der Waals surface area contributed by atoms with Gasteiger partial charge in [-0.2, -0.15) is 13.2 Å². The molecule has 4 heterocycles. The molecule has 34 heavy (non-hydrogen) atoms. The summed E-state index contributed by atoms with van der Waals surface area (Å²) in [6.07, 6.45) is -2.92. The van der Waals surface area contributed by atoms with Gasteiger partial charge in [-0.1, -0.05) is 18.2 Å². The molecule has 4 aromatic heterocycles. The fraction of sp³-hybridized carbons (Fsp3) is 0.130. The van der Waals surface area contributed by atoms with Crippen LogP contribution in [0.5, 0.6) is 0 Å². The van der Waals surface area contributed by atoms with Gasteiger partial charge in [0.15, 0.2) is 5.65 Å². The number of nitrogens with zero attached hydrogens (tertiary/aromatic N) is 4. The van der Waals surface area contributed by atoms with Gasteiger partial charge >= 0.3 is 11.9 Å². The number of nitrogens with one attached hydrogen (secondary N) is 1. The number of anilines is 1. The minimum atomic E-state index is -4.56. The lowest BCUT2D eigenvalue weighted by molar-refractivity contribution is -0.140. The summed E-state index contributed by atoms with van der Waals surface area (Å²) in [6, 6.07) is 14.5. The summed E-state index contributed by atoms with van der Waals surface area (Å²) >= 11 is 0.911. The third-order valence-electron chi connectivity index (χ3n) is 5.31. The average Bonchev–Trinajstić information content (AvgIpc) is 3.30. The van der Waals surface area contributed by atoms with E-state index in [1.807, 2.05) is 0 Å². The highest BCUT2D eigenvalue weighted by atomic mass is 32.1. The normalized spacial score (nSPS) is 11.9. The molecular weight excluding hydrogens is 467 g/mol. The second-order valence-electron chi connectivity index (χ2n) is 7.63. The zero-order valence-electron chi connectivity index (χ0n) is 17.6. The number of aromatic nitrogens is 4. The molecule has 0 fully saturated rings. The number of hydrogen-bond donors (Lipinski definition) is 1. The SMILES string of the molecule is Cc1c(C(=O)Nc2cccc(Cn3nc4ccccn4c3=O)c2)sc2nc(C(F)(F)F)ccc12. The molecule has 1 aromatic carbocycles. The van der Waals surface area contributed by atoms with E-state index in [1.54, 1.807) is 55.6 Å². The second-order valence-corrected chi connectivity index (χ2v) is 8.63. The lowest BCUT2D eigenvalue weighted by Crippen LogP contribution is -2.21. The number of fused-ring (bicyclic) bond motifs is 2. The van der Waals surface area contributed by atoms with Crippen molar-refractivity contribution in [3.63, 3.8) is 0 Å². The Kier molecular flexibility index (Phi) is 5.20. The lowest BCUT2D eigenvalue weighted by Gasteiger charge is -2.07. The summed E-state index contributed by atoms with van der Waals surface area (Å²) < 4.78 is 41.7. The Bertz CT molecular complexity index is 1620. The molecule has 7 nitrogen and oxygen atoms in total. The third kappa shape index (κ3) is 3.94. The number of pyridine rings is 2. The Morgan fingerprint density at radius 3 is 2.71 bits per heavy atom. The van der Waals surface area contributed by atoms with E-state index in [-0.39, 0.29) is 21.9 Å². The van der Waals surface area contributed by atoms with E-state index < -0.39 is 17.8 Å². The van der Waals surface area contributed by atoms with E-state index in [0.29, 0.717) is 22.3 Å². The Balaban J connectivity index is 1.39. The smallest absolute Gasteiger partial charge is 0.321 e. The van der Waals surface area contributed by atoms with Crippen molar-refractivity contribution in [3.05, 3.63) is 93.0 Å².